The number of aryl methyl sites for hydroxylation is 1. The second kappa shape index (κ2) is 6.22. The van der Waals surface area contributed by atoms with Gasteiger partial charge in [0, 0.05) is 54.4 Å². The van der Waals surface area contributed by atoms with E-state index in [1.807, 2.05) is 30.2 Å². The molecule has 0 radical (unpaired) electrons. The molecule has 0 saturated carbocycles. The normalized spacial score (nSPS) is 20.8. The van der Waals surface area contributed by atoms with E-state index in [1.54, 1.807) is 12.1 Å². The average molecular weight is 377 g/mol. The molecule has 1 saturated heterocycles. The smallest absolute Gasteiger partial charge is 0.317 e. The van der Waals surface area contributed by atoms with Gasteiger partial charge in [-0.25, -0.2) is 4.79 Å². The molecule has 144 valence electrons. The first-order valence-corrected chi connectivity index (χ1v) is 9.78. The molecule has 1 fully saturated rings. The van der Waals surface area contributed by atoms with Crippen LogP contribution in [0.4, 0.5) is 4.79 Å². The number of carbonyl (C=O) groups is 1. The summed E-state index contributed by atoms with van der Waals surface area (Å²) < 4.78 is 2.09. The number of hydrogen-bond acceptors (Lipinski definition) is 4. The maximum absolute atomic E-state index is 12.2. The lowest BCUT2D eigenvalue weighted by molar-refractivity contribution is 0.206. The number of hydrogen-bond donors (Lipinski definition) is 2. The molecule has 5 rings (SSSR count). The molecule has 2 N–H and O–H groups in total. The molecular weight excluding hydrogens is 354 g/mol. The number of phenols is 1. The Hall–Kier alpha value is -3.09. The minimum Gasteiger partial charge on any atom is -0.508 e. The van der Waals surface area contributed by atoms with E-state index < -0.39 is 0 Å². The Kier molecular flexibility index (Phi) is 3.79. The Morgan fingerprint density at radius 2 is 2.11 bits per heavy atom. The van der Waals surface area contributed by atoms with E-state index in [0.717, 1.165) is 54.6 Å². The molecule has 0 aliphatic carbocycles. The van der Waals surface area contributed by atoms with E-state index in [4.69, 9.17) is 5.10 Å². The van der Waals surface area contributed by atoms with Crippen molar-refractivity contribution < 1.29 is 9.90 Å². The van der Waals surface area contributed by atoms with Gasteiger partial charge in [-0.15, -0.1) is 0 Å². The maximum Gasteiger partial charge on any atom is 0.317 e. The van der Waals surface area contributed by atoms with Crippen molar-refractivity contribution in [3.05, 3.63) is 42.2 Å². The summed E-state index contributed by atoms with van der Waals surface area (Å²) in [4.78, 5) is 18.7. The highest BCUT2D eigenvalue weighted by Gasteiger charge is 2.46. The van der Waals surface area contributed by atoms with Gasteiger partial charge in [0.1, 0.15) is 5.75 Å². The highest BCUT2D eigenvalue weighted by Crippen LogP contribution is 2.43. The van der Waals surface area contributed by atoms with Crippen LogP contribution in [0, 0.1) is 0 Å². The summed E-state index contributed by atoms with van der Waals surface area (Å²) >= 11 is 0. The van der Waals surface area contributed by atoms with Gasteiger partial charge in [0.2, 0.25) is 0 Å². The van der Waals surface area contributed by atoms with E-state index in [-0.39, 0.29) is 17.2 Å². The number of aromatic nitrogens is 3. The average Bonchev–Trinajstić information content (AvgIpc) is 3.38. The number of carbonyl (C=O) groups excluding carboxylic acids is 1. The van der Waals surface area contributed by atoms with E-state index in [0.29, 0.717) is 6.54 Å². The molecule has 2 aliphatic heterocycles. The summed E-state index contributed by atoms with van der Waals surface area (Å²) in [6, 6.07) is 9.37. The fraction of sp³-hybridized carbons (Fsp3) is 0.381. The largest absolute Gasteiger partial charge is 0.508 e. The van der Waals surface area contributed by atoms with Crippen LogP contribution < -0.4 is 5.32 Å². The number of benzene rings is 1. The topological polar surface area (TPSA) is 83.3 Å². The lowest BCUT2D eigenvalue weighted by atomic mass is 9.82. The number of amides is 2. The van der Waals surface area contributed by atoms with Gasteiger partial charge in [0.15, 0.2) is 0 Å². The number of nitrogens with zero attached hydrogens (tertiary/aromatic N) is 4. The van der Waals surface area contributed by atoms with Crippen LogP contribution in [0.5, 0.6) is 5.75 Å². The number of aromatic hydroxyl groups is 1. The molecule has 7 heteroatoms. The van der Waals surface area contributed by atoms with Crippen LogP contribution in [0.2, 0.25) is 0 Å². The summed E-state index contributed by atoms with van der Waals surface area (Å²) in [5, 5.41) is 18.4. The zero-order chi connectivity index (χ0) is 19.3. The minimum absolute atomic E-state index is 0.00111. The highest BCUT2D eigenvalue weighted by molar-refractivity contribution is 5.84. The molecular formula is C21H23N5O2. The molecule has 1 aromatic carbocycles. The van der Waals surface area contributed by atoms with Gasteiger partial charge in [-0.05, 0) is 50.1 Å². The van der Waals surface area contributed by atoms with Gasteiger partial charge >= 0.3 is 6.03 Å². The van der Waals surface area contributed by atoms with Crippen molar-refractivity contribution in [2.45, 2.75) is 31.7 Å². The van der Waals surface area contributed by atoms with Crippen LogP contribution in [0.25, 0.3) is 22.2 Å². The monoisotopic (exact) mass is 377 g/mol. The van der Waals surface area contributed by atoms with E-state index in [1.165, 1.54) is 5.69 Å². The SMILES string of the molecule is CCNC(=O)N1CCC2(CCn3nc(-c4cnc5ccc(O)cc5c4)cc32)C1. The minimum atomic E-state index is -0.00111. The fourth-order valence-electron chi connectivity index (χ4n) is 4.58. The van der Waals surface area contributed by atoms with Gasteiger partial charge in [-0.3, -0.25) is 9.67 Å². The van der Waals surface area contributed by atoms with E-state index in [2.05, 4.69) is 21.0 Å². The zero-order valence-corrected chi connectivity index (χ0v) is 15.9. The van der Waals surface area contributed by atoms with Crippen LogP contribution in [0.15, 0.2) is 36.5 Å². The Balaban J connectivity index is 1.47. The highest BCUT2D eigenvalue weighted by atomic mass is 16.3. The molecule has 1 spiro atoms. The molecule has 1 unspecified atom stereocenters. The van der Waals surface area contributed by atoms with Crippen LogP contribution in [-0.4, -0.2) is 50.4 Å². The van der Waals surface area contributed by atoms with E-state index in [9.17, 15) is 9.90 Å². The number of pyridine rings is 1. The first-order chi connectivity index (χ1) is 13.6. The number of urea groups is 1. The Bertz CT molecular complexity index is 1080. The quantitative estimate of drug-likeness (QED) is 0.719. The Labute approximate surface area is 163 Å². The Morgan fingerprint density at radius 1 is 1.25 bits per heavy atom. The predicted octanol–water partition coefficient (Wildman–Crippen LogP) is 2.88. The predicted molar refractivity (Wildman–Crippen MR) is 106 cm³/mol. The van der Waals surface area contributed by atoms with Crippen molar-refractivity contribution in [2.75, 3.05) is 19.6 Å². The molecule has 0 bridgehead atoms. The molecule has 2 aromatic heterocycles. The van der Waals surface area contributed by atoms with Crippen molar-refractivity contribution in [1.82, 2.24) is 25.0 Å². The van der Waals surface area contributed by atoms with Crippen LogP contribution >= 0.6 is 0 Å². The summed E-state index contributed by atoms with van der Waals surface area (Å²) in [5.41, 5.74) is 3.89. The second-order valence-electron chi connectivity index (χ2n) is 7.78. The summed E-state index contributed by atoms with van der Waals surface area (Å²) in [5.74, 6) is 0.231. The third-order valence-corrected chi connectivity index (χ3v) is 6.06. The summed E-state index contributed by atoms with van der Waals surface area (Å²) in [6.45, 7) is 4.99. The first kappa shape index (κ1) is 17.0. The zero-order valence-electron chi connectivity index (χ0n) is 15.9. The standard InChI is InChI=1S/C21H23N5O2/c1-2-22-20(28)25-7-5-21(13-25)6-8-26-19(21)11-18(24-26)15-9-14-10-16(27)3-4-17(14)23-12-15/h3-4,9-12,27H,2,5-8,13H2,1H3,(H,22,28). The molecule has 4 heterocycles. The number of nitrogens with one attached hydrogen (secondary N) is 1. The maximum atomic E-state index is 12.2. The summed E-state index contributed by atoms with van der Waals surface area (Å²) in [7, 11) is 0. The number of rotatable bonds is 2. The number of phenolic OH excluding ortho intramolecular Hbond substituents is 1. The van der Waals surface area contributed by atoms with Gasteiger partial charge in [0.25, 0.3) is 0 Å². The van der Waals surface area contributed by atoms with Crippen LogP contribution in [-0.2, 0) is 12.0 Å². The number of likely N-dealkylation sites (tertiary alicyclic amines) is 1. The molecule has 2 aliphatic rings. The fourth-order valence-corrected chi connectivity index (χ4v) is 4.58. The van der Waals surface area contributed by atoms with Gasteiger partial charge in [-0.1, -0.05) is 0 Å². The summed E-state index contributed by atoms with van der Waals surface area (Å²) in [6.07, 6.45) is 3.83. The third-order valence-electron chi connectivity index (χ3n) is 6.06. The van der Waals surface area contributed by atoms with Crippen molar-refractivity contribution in [2.24, 2.45) is 0 Å². The lowest BCUT2D eigenvalue weighted by Crippen LogP contribution is -2.40. The van der Waals surface area contributed by atoms with E-state index >= 15 is 0 Å². The van der Waals surface area contributed by atoms with Crippen molar-refractivity contribution in [1.29, 1.82) is 0 Å². The Morgan fingerprint density at radius 3 is 2.96 bits per heavy atom. The van der Waals surface area contributed by atoms with Gasteiger partial charge in [-0.2, -0.15) is 5.10 Å². The first-order valence-electron chi connectivity index (χ1n) is 9.78. The van der Waals surface area contributed by atoms with Crippen LogP contribution in [0.3, 0.4) is 0 Å². The molecule has 3 aromatic rings. The van der Waals surface area contributed by atoms with Crippen molar-refractivity contribution >= 4 is 16.9 Å². The van der Waals surface area contributed by atoms with Crippen LogP contribution in [0.1, 0.15) is 25.5 Å². The molecule has 2 amide bonds. The van der Waals surface area contributed by atoms with Gasteiger partial charge < -0.3 is 15.3 Å². The molecule has 28 heavy (non-hydrogen) atoms. The lowest BCUT2D eigenvalue weighted by Gasteiger charge is -2.23. The van der Waals surface area contributed by atoms with Crippen molar-refractivity contribution in [3.8, 4) is 17.0 Å². The van der Waals surface area contributed by atoms with Crippen molar-refractivity contribution in [3.63, 3.8) is 0 Å². The number of fused-ring (bicyclic) bond motifs is 3. The second-order valence-corrected chi connectivity index (χ2v) is 7.78. The van der Waals surface area contributed by atoms with Gasteiger partial charge in [0.05, 0.1) is 11.2 Å². The molecule has 1 atom stereocenters. The molecule has 7 nitrogen and oxygen atoms in total. The third kappa shape index (κ3) is 2.61.